The monoisotopic (exact) mass is 565 g/mol. The van der Waals surface area contributed by atoms with Crippen molar-refractivity contribution in [2.45, 2.75) is 54.4 Å². The van der Waals surface area contributed by atoms with Gasteiger partial charge in [0.1, 0.15) is 0 Å². The maximum atomic E-state index is 13.3. The van der Waals surface area contributed by atoms with Crippen molar-refractivity contribution in [2.75, 3.05) is 49.3 Å². The fraction of sp³-hybridized carbons (Fsp3) is 0.560. The number of urea groups is 1. The van der Waals surface area contributed by atoms with Gasteiger partial charge in [0.15, 0.2) is 11.4 Å². The number of halogens is 1. The van der Waals surface area contributed by atoms with Gasteiger partial charge in [-0.3, -0.25) is 15.0 Å². The molecule has 2 N–H and O–H groups in total. The topological polar surface area (TPSA) is 96.0 Å². The number of likely N-dealkylation sites (tertiary alicyclic amines) is 1. The molecule has 0 aliphatic carbocycles. The van der Waals surface area contributed by atoms with Crippen LogP contribution in [-0.4, -0.2) is 67.2 Å². The van der Waals surface area contributed by atoms with Crippen LogP contribution in [0, 0.1) is 0 Å². The molecule has 0 bridgehead atoms. The van der Waals surface area contributed by atoms with Crippen molar-refractivity contribution in [1.29, 1.82) is 0 Å². The van der Waals surface area contributed by atoms with Gasteiger partial charge in [0.25, 0.3) is 0 Å². The normalized spacial score (nSPS) is 23.4. The summed E-state index contributed by atoms with van der Waals surface area (Å²) in [4.78, 5) is 39.1. The Morgan fingerprint density at radius 3 is 3.03 bits per heavy atom. The van der Waals surface area contributed by atoms with Crippen LogP contribution in [0.1, 0.15) is 44.1 Å². The number of nitrogens with zero attached hydrogens (tertiary/aromatic N) is 3. The summed E-state index contributed by atoms with van der Waals surface area (Å²) >= 11 is 9.38. The molecule has 9 nitrogen and oxygen atoms in total. The standard InChI is InChI=1S/C25H32ClN5O4S2/c1-30-10-9-25(15-30)16-31(19-8-7-17(26)13-18(19)25)24(33)28-23-27-14-22(37-23)36-12-4-5-20(32)29-35-21-6-2-3-11-34-21/h7-8,13-14,21H,2-6,9-12,15-16H2,1H3,(H,29,32)(H,27,28,33). The second kappa shape index (κ2) is 11.9. The highest BCUT2D eigenvalue weighted by molar-refractivity contribution is 8.01. The lowest BCUT2D eigenvalue weighted by atomic mass is 9.81. The molecule has 2 saturated heterocycles. The van der Waals surface area contributed by atoms with Gasteiger partial charge in [0.05, 0.1) is 10.4 Å². The molecule has 3 aliphatic rings. The molecular formula is C25H32ClN5O4S2. The van der Waals surface area contributed by atoms with E-state index in [1.165, 1.54) is 11.3 Å². The third kappa shape index (κ3) is 6.40. The second-order valence-electron chi connectivity index (χ2n) is 9.82. The molecule has 0 radical (unpaired) electrons. The van der Waals surface area contributed by atoms with Gasteiger partial charge < -0.3 is 9.64 Å². The number of nitrogens with one attached hydrogen (secondary N) is 2. The van der Waals surface area contributed by atoms with Gasteiger partial charge in [-0.25, -0.2) is 20.1 Å². The molecule has 12 heteroatoms. The van der Waals surface area contributed by atoms with Crippen LogP contribution in [0.25, 0.3) is 0 Å². The van der Waals surface area contributed by atoms with E-state index in [2.05, 4.69) is 27.7 Å². The summed E-state index contributed by atoms with van der Waals surface area (Å²) < 4.78 is 6.43. The average Bonchev–Trinajstić information content (AvgIpc) is 3.59. The summed E-state index contributed by atoms with van der Waals surface area (Å²) in [5.41, 5.74) is 4.47. The number of ether oxygens (including phenoxy) is 1. The molecule has 3 aliphatic heterocycles. The number of hydrogen-bond donors (Lipinski definition) is 2. The van der Waals surface area contributed by atoms with Gasteiger partial charge >= 0.3 is 6.03 Å². The van der Waals surface area contributed by atoms with E-state index in [0.29, 0.717) is 36.1 Å². The van der Waals surface area contributed by atoms with E-state index in [0.717, 1.165) is 60.0 Å². The molecule has 1 spiro atoms. The first kappa shape index (κ1) is 26.7. The molecule has 1 aromatic carbocycles. The molecule has 2 aromatic rings. The van der Waals surface area contributed by atoms with Crippen LogP contribution < -0.4 is 15.7 Å². The number of fused-ring (bicyclic) bond motifs is 2. The minimum atomic E-state index is -0.338. The Labute approximate surface area is 230 Å². The lowest BCUT2D eigenvalue weighted by molar-refractivity contribution is -0.200. The lowest BCUT2D eigenvalue weighted by Gasteiger charge is -2.25. The molecule has 4 heterocycles. The number of carbonyl (C=O) groups excluding carboxylic acids is 2. The number of benzene rings is 1. The summed E-state index contributed by atoms with van der Waals surface area (Å²) in [6, 6.07) is 5.61. The molecule has 2 fully saturated rings. The van der Waals surface area contributed by atoms with E-state index in [1.807, 2.05) is 23.1 Å². The van der Waals surface area contributed by atoms with Crippen molar-refractivity contribution in [3.05, 3.63) is 35.0 Å². The van der Waals surface area contributed by atoms with E-state index < -0.39 is 0 Å². The predicted octanol–water partition coefficient (Wildman–Crippen LogP) is 4.87. The quantitative estimate of drug-likeness (QED) is 0.268. The number of thiazole rings is 1. The molecule has 1 aromatic heterocycles. The Morgan fingerprint density at radius 2 is 2.24 bits per heavy atom. The zero-order valence-electron chi connectivity index (χ0n) is 20.8. The zero-order valence-corrected chi connectivity index (χ0v) is 23.2. The summed E-state index contributed by atoms with van der Waals surface area (Å²) in [5, 5.41) is 4.23. The van der Waals surface area contributed by atoms with Crippen molar-refractivity contribution < 1.29 is 19.2 Å². The Bertz CT molecular complexity index is 1130. The van der Waals surface area contributed by atoms with Crippen molar-refractivity contribution in [3.8, 4) is 0 Å². The van der Waals surface area contributed by atoms with Gasteiger partial charge in [0.2, 0.25) is 5.91 Å². The molecule has 5 rings (SSSR count). The minimum absolute atomic E-state index is 0.0863. The van der Waals surface area contributed by atoms with Gasteiger partial charge in [0, 0.05) is 48.7 Å². The van der Waals surface area contributed by atoms with Gasteiger partial charge in [-0.15, -0.1) is 11.8 Å². The molecule has 37 heavy (non-hydrogen) atoms. The number of anilines is 2. The molecule has 2 atom stereocenters. The third-order valence-electron chi connectivity index (χ3n) is 7.00. The van der Waals surface area contributed by atoms with Crippen LogP contribution in [-0.2, 0) is 19.8 Å². The second-order valence-corrected chi connectivity index (χ2v) is 12.7. The Kier molecular flexibility index (Phi) is 8.57. The summed E-state index contributed by atoms with van der Waals surface area (Å²) in [6.07, 6.45) is 6.39. The van der Waals surface area contributed by atoms with Crippen molar-refractivity contribution in [2.24, 2.45) is 0 Å². The Hall–Kier alpha value is -1.89. The zero-order chi connectivity index (χ0) is 25.8. The summed E-state index contributed by atoms with van der Waals surface area (Å²) in [7, 11) is 2.11. The van der Waals surface area contributed by atoms with E-state index in [9.17, 15) is 9.59 Å². The highest BCUT2D eigenvalue weighted by Gasteiger charge is 2.48. The molecule has 200 valence electrons. The van der Waals surface area contributed by atoms with Crippen molar-refractivity contribution >= 4 is 57.5 Å². The first-order valence-corrected chi connectivity index (χ1v) is 14.8. The van der Waals surface area contributed by atoms with E-state index in [4.69, 9.17) is 21.2 Å². The Morgan fingerprint density at radius 1 is 1.35 bits per heavy atom. The number of likely N-dealkylation sites (N-methyl/N-ethyl adjacent to an activating group) is 1. The van der Waals surface area contributed by atoms with E-state index in [-0.39, 0.29) is 23.6 Å². The van der Waals surface area contributed by atoms with E-state index in [1.54, 1.807) is 18.0 Å². The highest BCUT2D eigenvalue weighted by Crippen LogP contribution is 2.47. The van der Waals surface area contributed by atoms with Crippen LogP contribution in [0.3, 0.4) is 0 Å². The molecule has 0 saturated carbocycles. The number of thioether (sulfide) groups is 1. The van der Waals surface area contributed by atoms with Crippen LogP contribution in [0.15, 0.2) is 28.6 Å². The first-order valence-electron chi connectivity index (χ1n) is 12.6. The number of aromatic nitrogens is 1. The highest BCUT2D eigenvalue weighted by atomic mass is 35.5. The third-order valence-corrected chi connectivity index (χ3v) is 9.43. The number of amides is 3. The van der Waals surface area contributed by atoms with Gasteiger partial charge in [-0.1, -0.05) is 22.9 Å². The van der Waals surface area contributed by atoms with Crippen LogP contribution >= 0.6 is 34.7 Å². The Balaban J connectivity index is 1.09. The number of hydroxylamine groups is 1. The average molecular weight is 566 g/mol. The SMILES string of the molecule is CN1CCC2(C1)CN(C(=O)Nc1ncc(SCCCC(=O)NOC3CCCCO3)s1)c1ccc(Cl)cc12. The molecular weight excluding hydrogens is 534 g/mol. The van der Waals surface area contributed by atoms with Crippen LogP contribution in [0.4, 0.5) is 15.6 Å². The smallest absolute Gasteiger partial charge is 0.328 e. The van der Waals surface area contributed by atoms with Gasteiger partial charge in [-0.2, -0.15) is 0 Å². The number of carbonyl (C=O) groups is 2. The minimum Gasteiger partial charge on any atom is -0.350 e. The van der Waals surface area contributed by atoms with Crippen molar-refractivity contribution in [3.63, 3.8) is 0 Å². The fourth-order valence-corrected chi connectivity index (χ4v) is 7.24. The maximum Gasteiger partial charge on any atom is 0.328 e. The maximum absolute atomic E-state index is 13.3. The molecule has 2 unspecified atom stereocenters. The van der Waals surface area contributed by atoms with Crippen LogP contribution in [0.5, 0.6) is 0 Å². The lowest BCUT2D eigenvalue weighted by Crippen LogP contribution is -2.40. The largest absolute Gasteiger partial charge is 0.350 e. The summed E-state index contributed by atoms with van der Waals surface area (Å²) in [5.74, 6) is 0.615. The van der Waals surface area contributed by atoms with Gasteiger partial charge in [-0.05, 0) is 68.8 Å². The fourth-order valence-electron chi connectivity index (χ4n) is 5.19. The van der Waals surface area contributed by atoms with Crippen LogP contribution in [0.2, 0.25) is 5.02 Å². The molecule has 3 amide bonds. The first-order chi connectivity index (χ1) is 17.9. The van der Waals surface area contributed by atoms with Crippen molar-refractivity contribution in [1.82, 2.24) is 15.4 Å². The number of hydrogen-bond acceptors (Lipinski definition) is 8. The number of rotatable bonds is 8. The summed E-state index contributed by atoms with van der Waals surface area (Å²) in [6.45, 7) is 3.20. The van der Waals surface area contributed by atoms with E-state index >= 15 is 0 Å². The predicted molar refractivity (Wildman–Crippen MR) is 146 cm³/mol.